The maximum atomic E-state index is 12.7. The van der Waals surface area contributed by atoms with Crippen LogP contribution in [-0.4, -0.2) is 29.2 Å². The predicted octanol–water partition coefficient (Wildman–Crippen LogP) is 4.68. The number of carbonyl (C=O) groups excluding carboxylic acids is 1. The molecule has 0 amide bonds. The monoisotopic (exact) mass is 391 g/mol. The van der Waals surface area contributed by atoms with E-state index in [0.717, 1.165) is 40.9 Å². The van der Waals surface area contributed by atoms with Crippen molar-refractivity contribution in [3.8, 4) is 5.75 Å². The molecule has 6 nitrogen and oxygen atoms in total. The molecule has 0 spiro atoms. The topological polar surface area (TPSA) is 65.4 Å². The largest absolute Gasteiger partial charge is 0.494 e. The number of ether oxygens (including phenoxy) is 2. The van der Waals surface area contributed by atoms with Crippen molar-refractivity contribution >= 4 is 23.0 Å². The van der Waals surface area contributed by atoms with Crippen molar-refractivity contribution in [2.45, 2.75) is 32.7 Å². The minimum absolute atomic E-state index is 0.337. The molecule has 0 radical (unpaired) electrons. The lowest BCUT2D eigenvalue weighted by atomic mass is 9.95. The molecule has 0 fully saturated rings. The fraction of sp³-hybridized carbons (Fsp3) is 0.304. The van der Waals surface area contributed by atoms with E-state index in [1.807, 2.05) is 55.5 Å². The summed E-state index contributed by atoms with van der Waals surface area (Å²) in [5.41, 5.74) is 4.12. The highest BCUT2D eigenvalue weighted by molar-refractivity contribution is 5.94. The van der Waals surface area contributed by atoms with Gasteiger partial charge in [0, 0.05) is 5.70 Å². The number of hydrogen-bond acceptors (Lipinski definition) is 5. The van der Waals surface area contributed by atoms with E-state index in [-0.39, 0.29) is 12.0 Å². The lowest BCUT2D eigenvalue weighted by Gasteiger charge is -2.30. The highest BCUT2D eigenvalue weighted by Crippen LogP contribution is 2.39. The van der Waals surface area contributed by atoms with Crippen LogP contribution >= 0.6 is 0 Å². The van der Waals surface area contributed by atoms with E-state index in [2.05, 4.69) is 16.8 Å². The zero-order valence-electron chi connectivity index (χ0n) is 16.9. The third kappa shape index (κ3) is 3.46. The van der Waals surface area contributed by atoms with E-state index in [1.54, 1.807) is 0 Å². The first kappa shape index (κ1) is 19.1. The van der Waals surface area contributed by atoms with Gasteiger partial charge in [-0.05, 0) is 43.2 Å². The summed E-state index contributed by atoms with van der Waals surface area (Å²) >= 11 is 0. The Hall–Kier alpha value is -3.28. The summed E-state index contributed by atoms with van der Waals surface area (Å²) in [6, 6.07) is 15.5. The molecule has 0 saturated heterocycles. The van der Waals surface area contributed by atoms with Gasteiger partial charge < -0.3 is 14.8 Å². The Morgan fingerprint density at radius 1 is 1.17 bits per heavy atom. The third-order valence-electron chi connectivity index (χ3n) is 5.20. The molecule has 4 rings (SSSR count). The molecular formula is C23H25N3O3. The lowest BCUT2D eigenvalue weighted by Crippen LogP contribution is -2.28. The first-order valence-corrected chi connectivity index (χ1v) is 9.90. The number of benzene rings is 2. The Kier molecular flexibility index (Phi) is 5.25. The number of allylic oxidation sites excluding steroid dienone is 1. The van der Waals surface area contributed by atoms with Gasteiger partial charge in [-0.1, -0.05) is 37.6 Å². The highest BCUT2D eigenvalue weighted by atomic mass is 16.5. The molecule has 3 aromatic rings. The summed E-state index contributed by atoms with van der Waals surface area (Å²) in [6.07, 6.45) is 2.12. The van der Waals surface area contributed by atoms with Gasteiger partial charge in [-0.3, -0.25) is 4.57 Å². The van der Waals surface area contributed by atoms with Gasteiger partial charge in [0.05, 0.1) is 36.4 Å². The number of methoxy groups -OCH3 is 1. The molecule has 29 heavy (non-hydrogen) atoms. The normalized spacial score (nSPS) is 15.8. The molecular weight excluding hydrogens is 366 g/mol. The Bertz CT molecular complexity index is 1070. The second kappa shape index (κ2) is 7.99. The third-order valence-corrected chi connectivity index (χ3v) is 5.20. The van der Waals surface area contributed by atoms with Crippen molar-refractivity contribution in [3.05, 3.63) is 65.4 Å². The molecule has 6 heteroatoms. The average molecular weight is 391 g/mol. The van der Waals surface area contributed by atoms with E-state index in [4.69, 9.17) is 14.5 Å². The van der Waals surface area contributed by atoms with Gasteiger partial charge in [0.1, 0.15) is 5.75 Å². The van der Waals surface area contributed by atoms with Gasteiger partial charge in [0.15, 0.2) is 0 Å². The predicted molar refractivity (Wildman–Crippen MR) is 113 cm³/mol. The minimum atomic E-state index is -0.355. The number of imidazole rings is 1. The van der Waals surface area contributed by atoms with Crippen LogP contribution in [0.25, 0.3) is 11.0 Å². The van der Waals surface area contributed by atoms with Gasteiger partial charge in [0.25, 0.3) is 0 Å². The van der Waals surface area contributed by atoms with Crippen molar-refractivity contribution in [1.29, 1.82) is 0 Å². The Balaban J connectivity index is 1.81. The van der Waals surface area contributed by atoms with Gasteiger partial charge >= 0.3 is 5.97 Å². The van der Waals surface area contributed by atoms with Gasteiger partial charge in [-0.2, -0.15) is 0 Å². The van der Waals surface area contributed by atoms with Crippen LogP contribution in [0.2, 0.25) is 0 Å². The van der Waals surface area contributed by atoms with Crippen molar-refractivity contribution < 1.29 is 14.3 Å². The quantitative estimate of drug-likeness (QED) is 0.488. The second-order valence-electron chi connectivity index (χ2n) is 7.12. The van der Waals surface area contributed by atoms with E-state index in [1.165, 1.54) is 7.11 Å². The van der Waals surface area contributed by atoms with Crippen molar-refractivity contribution in [2.75, 3.05) is 19.0 Å². The van der Waals surface area contributed by atoms with Crippen LogP contribution in [0.15, 0.2) is 59.8 Å². The molecule has 1 aromatic heterocycles. The number of esters is 1. The summed E-state index contributed by atoms with van der Waals surface area (Å²) < 4.78 is 13.0. The Morgan fingerprint density at radius 2 is 1.93 bits per heavy atom. The number of carbonyl (C=O) groups is 1. The van der Waals surface area contributed by atoms with E-state index >= 15 is 0 Å². The number of fused-ring (bicyclic) bond motifs is 3. The number of para-hydroxylation sites is 2. The SMILES string of the molecule is CCCCOc1ccc([C@H]2C(C(=O)OC)=C(C)Nc3nc4ccccc4n32)cc1. The molecule has 1 N–H and O–H groups in total. The van der Waals surface area contributed by atoms with Crippen molar-refractivity contribution in [1.82, 2.24) is 9.55 Å². The summed E-state index contributed by atoms with van der Waals surface area (Å²) in [5, 5.41) is 3.27. The standard InChI is InChI=1S/C23H25N3O3/c1-4-5-14-29-17-12-10-16(11-13-17)21-20(22(27)28-3)15(2)24-23-25-18-8-6-7-9-19(18)26(21)23/h6-13,21H,4-5,14H2,1-3H3,(H,24,25)/t21-/m0/s1. The average Bonchev–Trinajstić information content (AvgIpc) is 3.11. The number of hydrogen-bond donors (Lipinski definition) is 1. The van der Waals surface area contributed by atoms with E-state index < -0.39 is 0 Å². The summed E-state index contributed by atoms with van der Waals surface area (Å²) in [6.45, 7) is 4.72. The molecule has 150 valence electrons. The fourth-order valence-electron chi connectivity index (χ4n) is 3.73. The van der Waals surface area contributed by atoms with Crippen LogP contribution in [0.5, 0.6) is 5.75 Å². The smallest absolute Gasteiger partial charge is 0.337 e. The zero-order valence-corrected chi connectivity index (χ0v) is 16.9. The molecule has 0 bridgehead atoms. The number of nitrogens with zero attached hydrogens (tertiary/aromatic N) is 2. The number of anilines is 1. The summed E-state index contributed by atoms with van der Waals surface area (Å²) in [4.78, 5) is 17.4. The second-order valence-corrected chi connectivity index (χ2v) is 7.12. The van der Waals surface area contributed by atoms with Crippen LogP contribution in [-0.2, 0) is 9.53 Å². The van der Waals surface area contributed by atoms with Crippen molar-refractivity contribution in [2.24, 2.45) is 0 Å². The fourth-order valence-corrected chi connectivity index (χ4v) is 3.73. The lowest BCUT2D eigenvalue weighted by molar-refractivity contribution is -0.136. The maximum Gasteiger partial charge on any atom is 0.337 e. The first-order chi connectivity index (χ1) is 14.1. The number of nitrogens with one attached hydrogen (secondary N) is 1. The molecule has 0 unspecified atom stereocenters. The van der Waals surface area contributed by atoms with E-state index in [0.29, 0.717) is 18.1 Å². The number of rotatable bonds is 6. The van der Waals surface area contributed by atoms with Gasteiger partial charge in [-0.15, -0.1) is 0 Å². The molecule has 1 aliphatic rings. The molecule has 1 atom stereocenters. The summed E-state index contributed by atoms with van der Waals surface area (Å²) in [7, 11) is 1.41. The van der Waals surface area contributed by atoms with Crippen molar-refractivity contribution in [3.63, 3.8) is 0 Å². The zero-order chi connectivity index (χ0) is 20.4. The van der Waals surface area contributed by atoms with Crippen LogP contribution in [0.3, 0.4) is 0 Å². The van der Waals surface area contributed by atoms with Gasteiger partial charge in [0.2, 0.25) is 5.95 Å². The molecule has 2 aromatic carbocycles. The molecule has 0 aliphatic carbocycles. The number of aromatic nitrogens is 2. The van der Waals surface area contributed by atoms with E-state index in [9.17, 15) is 4.79 Å². The molecule has 1 aliphatic heterocycles. The Labute approximate surface area is 170 Å². The maximum absolute atomic E-state index is 12.7. The van der Waals surface area contributed by atoms with Crippen LogP contribution in [0, 0.1) is 0 Å². The molecule has 0 saturated carbocycles. The highest BCUT2D eigenvalue weighted by Gasteiger charge is 2.34. The Morgan fingerprint density at radius 3 is 2.66 bits per heavy atom. The van der Waals surface area contributed by atoms with Gasteiger partial charge in [-0.25, -0.2) is 9.78 Å². The molecule has 2 heterocycles. The van der Waals surface area contributed by atoms with Crippen LogP contribution in [0.4, 0.5) is 5.95 Å². The number of unbranched alkanes of at least 4 members (excludes halogenated alkanes) is 1. The summed E-state index contributed by atoms with van der Waals surface area (Å²) in [5.74, 6) is 1.18. The van der Waals surface area contributed by atoms with Crippen LogP contribution < -0.4 is 10.1 Å². The van der Waals surface area contributed by atoms with Crippen LogP contribution in [0.1, 0.15) is 38.3 Å². The minimum Gasteiger partial charge on any atom is -0.494 e. The first-order valence-electron chi connectivity index (χ1n) is 9.90.